The standard InChI is InChI=1S/C21H26N4O2/c1-24-13-15-25(16-14-24)12-11-22-21(27)18-9-5-6-10-19(18)23-20(26)17-7-3-2-4-8-17/h2-10H,11-16H2,1H3,(H,22,27)(H,23,26). The van der Waals surface area contributed by atoms with Crippen LogP contribution in [0.1, 0.15) is 20.7 Å². The molecule has 1 heterocycles. The van der Waals surface area contributed by atoms with Gasteiger partial charge in [-0.1, -0.05) is 30.3 Å². The Labute approximate surface area is 160 Å². The van der Waals surface area contributed by atoms with Crippen LogP contribution in [0.4, 0.5) is 5.69 Å². The van der Waals surface area contributed by atoms with E-state index in [1.54, 1.807) is 30.3 Å². The summed E-state index contributed by atoms with van der Waals surface area (Å²) >= 11 is 0. The summed E-state index contributed by atoms with van der Waals surface area (Å²) in [5, 5.41) is 5.80. The molecule has 1 saturated heterocycles. The maximum absolute atomic E-state index is 12.6. The van der Waals surface area contributed by atoms with Gasteiger partial charge in [-0.2, -0.15) is 0 Å². The number of carbonyl (C=O) groups is 2. The average Bonchev–Trinajstić information content (AvgIpc) is 2.70. The molecule has 0 aliphatic carbocycles. The molecule has 0 saturated carbocycles. The molecule has 27 heavy (non-hydrogen) atoms. The number of nitrogens with zero attached hydrogens (tertiary/aromatic N) is 2. The van der Waals surface area contributed by atoms with Crippen LogP contribution in [0.5, 0.6) is 0 Å². The molecule has 2 amide bonds. The highest BCUT2D eigenvalue weighted by atomic mass is 16.2. The zero-order valence-electron chi connectivity index (χ0n) is 15.6. The second-order valence-electron chi connectivity index (χ2n) is 6.77. The molecular formula is C21H26N4O2. The van der Waals surface area contributed by atoms with Crippen molar-refractivity contribution in [2.24, 2.45) is 0 Å². The number of hydrogen-bond acceptors (Lipinski definition) is 4. The Bertz CT molecular complexity index is 771. The van der Waals surface area contributed by atoms with E-state index in [0.717, 1.165) is 32.7 Å². The summed E-state index contributed by atoms with van der Waals surface area (Å²) in [6.07, 6.45) is 0. The van der Waals surface area contributed by atoms with E-state index in [4.69, 9.17) is 0 Å². The first-order valence-electron chi connectivity index (χ1n) is 9.28. The maximum atomic E-state index is 12.6. The fourth-order valence-corrected chi connectivity index (χ4v) is 3.07. The molecule has 2 N–H and O–H groups in total. The molecular weight excluding hydrogens is 340 g/mol. The van der Waals surface area contributed by atoms with E-state index in [9.17, 15) is 9.59 Å². The van der Waals surface area contributed by atoms with Gasteiger partial charge in [-0.05, 0) is 31.3 Å². The zero-order chi connectivity index (χ0) is 19.1. The van der Waals surface area contributed by atoms with Gasteiger partial charge in [0.1, 0.15) is 0 Å². The van der Waals surface area contributed by atoms with E-state index in [1.807, 2.05) is 24.3 Å². The van der Waals surface area contributed by atoms with Gasteiger partial charge >= 0.3 is 0 Å². The highest BCUT2D eigenvalue weighted by Crippen LogP contribution is 2.16. The summed E-state index contributed by atoms with van der Waals surface area (Å²) in [4.78, 5) is 29.6. The summed E-state index contributed by atoms with van der Waals surface area (Å²) in [5.41, 5.74) is 1.55. The molecule has 6 nitrogen and oxygen atoms in total. The van der Waals surface area contributed by atoms with Gasteiger partial charge in [-0.25, -0.2) is 0 Å². The molecule has 1 aliphatic heterocycles. The summed E-state index contributed by atoms with van der Waals surface area (Å²) in [5.74, 6) is -0.402. The molecule has 2 aromatic carbocycles. The smallest absolute Gasteiger partial charge is 0.255 e. The quantitative estimate of drug-likeness (QED) is 0.820. The molecule has 0 atom stereocenters. The molecule has 3 rings (SSSR count). The Morgan fingerprint density at radius 1 is 0.889 bits per heavy atom. The van der Waals surface area contributed by atoms with Crippen molar-refractivity contribution in [2.75, 3.05) is 51.6 Å². The van der Waals surface area contributed by atoms with Gasteiger partial charge in [0.2, 0.25) is 0 Å². The number of likely N-dealkylation sites (N-methyl/N-ethyl adjacent to an activating group) is 1. The van der Waals surface area contributed by atoms with Crippen LogP contribution in [0.25, 0.3) is 0 Å². The largest absolute Gasteiger partial charge is 0.351 e. The van der Waals surface area contributed by atoms with Gasteiger partial charge < -0.3 is 15.5 Å². The van der Waals surface area contributed by atoms with Gasteiger partial charge in [0.05, 0.1) is 11.3 Å². The first-order valence-corrected chi connectivity index (χ1v) is 9.28. The number of carbonyl (C=O) groups excluding carboxylic acids is 2. The van der Waals surface area contributed by atoms with Gasteiger partial charge in [0.25, 0.3) is 11.8 Å². The molecule has 0 spiro atoms. The molecule has 6 heteroatoms. The number of amides is 2. The first-order chi connectivity index (χ1) is 13.1. The summed E-state index contributed by atoms with van der Waals surface area (Å²) < 4.78 is 0. The van der Waals surface area contributed by atoms with Gasteiger partial charge in [0, 0.05) is 44.8 Å². The van der Waals surface area contributed by atoms with Gasteiger partial charge in [0.15, 0.2) is 0 Å². The second kappa shape index (κ2) is 9.30. The maximum Gasteiger partial charge on any atom is 0.255 e. The predicted molar refractivity (Wildman–Crippen MR) is 107 cm³/mol. The van der Waals surface area contributed by atoms with Gasteiger partial charge in [-0.15, -0.1) is 0 Å². The Morgan fingerprint density at radius 3 is 2.30 bits per heavy atom. The fraction of sp³-hybridized carbons (Fsp3) is 0.333. The van der Waals surface area contributed by atoms with Crippen LogP contribution in [-0.4, -0.2) is 67.9 Å². The molecule has 2 aromatic rings. The second-order valence-corrected chi connectivity index (χ2v) is 6.77. The van der Waals surface area contributed by atoms with E-state index >= 15 is 0 Å². The molecule has 0 radical (unpaired) electrons. The molecule has 0 aromatic heterocycles. The molecule has 0 unspecified atom stereocenters. The number of anilines is 1. The first kappa shape index (κ1) is 19.1. The molecule has 1 aliphatic rings. The minimum atomic E-state index is -0.228. The highest BCUT2D eigenvalue weighted by molar-refractivity contribution is 6.08. The van der Waals surface area contributed by atoms with Crippen molar-refractivity contribution in [3.8, 4) is 0 Å². The Hall–Kier alpha value is -2.70. The SMILES string of the molecule is CN1CCN(CCNC(=O)c2ccccc2NC(=O)c2ccccc2)CC1. The topological polar surface area (TPSA) is 64.7 Å². The van der Waals surface area contributed by atoms with Crippen molar-refractivity contribution in [1.82, 2.24) is 15.1 Å². The zero-order valence-corrected chi connectivity index (χ0v) is 15.6. The fourth-order valence-electron chi connectivity index (χ4n) is 3.07. The third-order valence-corrected chi connectivity index (χ3v) is 4.77. The van der Waals surface area contributed by atoms with Crippen molar-refractivity contribution in [3.63, 3.8) is 0 Å². The third kappa shape index (κ3) is 5.39. The van der Waals surface area contributed by atoms with Crippen molar-refractivity contribution in [2.45, 2.75) is 0 Å². The lowest BCUT2D eigenvalue weighted by Crippen LogP contribution is -2.46. The Morgan fingerprint density at radius 2 is 1.56 bits per heavy atom. The van der Waals surface area contributed by atoms with E-state index in [0.29, 0.717) is 23.4 Å². The van der Waals surface area contributed by atoms with Crippen molar-refractivity contribution in [1.29, 1.82) is 0 Å². The highest BCUT2D eigenvalue weighted by Gasteiger charge is 2.16. The minimum Gasteiger partial charge on any atom is -0.351 e. The number of hydrogen-bond donors (Lipinski definition) is 2. The normalized spacial score (nSPS) is 15.3. The predicted octanol–water partition coefficient (Wildman–Crippen LogP) is 1.92. The van der Waals surface area contributed by atoms with E-state index in [1.165, 1.54) is 0 Å². The van der Waals surface area contributed by atoms with Crippen molar-refractivity contribution in [3.05, 3.63) is 65.7 Å². The average molecular weight is 366 g/mol. The number of nitrogens with one attached hydrogen (secondary N) is 2. The van der Waals surface area contributed by atoms with Crippen LogP contribution in [0.2, 0.25) is 0 Å². The van der Waals surface area contributed by atoms with Crippen molar-refractivity contribution < 1.29 is 9.59 Å². The van der Waals surface area contributed by atoms with Crippen LogP contribution in [0.3, 0.4) is 0 Å². The lowest BCUT2D eigenvalue weighted by Gasteiger charge is -2.32. The number of para-hydroxylation sites is 1. The van der Waals surface area contributed by atoms with Crippen LogP contribution in [0.15, 0.2) is 54.6 Å². The summed E-state index contributed by atoms with van der Waals surface area (Å²) in [6.45, 7) is 5.58. The van der Waals surface area contributed by atoms with E-state index < -0.39 is 0 Å². The van der Waals surface area contributed by atoms with Crippen LogP contribution in [0, 0.1) is 0 Å². The number of benzene rings is 2. The lowest BCUT2D eigenvalue weighted by atomic mass is 10.1. The monoisotopic (exact) mass is 366 g/mol. The summed E-state index contributed by atoms with van der Waals surface area (Å²) in [7, 11) is 2.12. The Balaban J connectivity index is 1.56. The van der Waals surface area contributed by atoms with Crippen LogP contribution in [-0.2, 0) is 0 Å². The molecule has 0 bridgehead atoms. The molecule has 142 valence electrons. The number of piperazine rings is 1. The van der Waals surface area contributed by atoms with Gasteiger partial charge in [-0.3, -0.25) is 14.5 Å². The van der Waals surface area contributed by atoms with Crippen LogP contribution >= 0.6 is 0 Å². The number of rotatable bonds is 6. The Kier molecular flexibility index (Phi) is 6.57. The summed E-state index contributed by atoms with van der Waals surface area (Å²) in [6, 6.07) is 16.1. The molecule has 1 fully saturated rings. The van der Waals surface area contributed by atoms with E-state index in [2.05, 4.69) is 27.5 Å². The van der Waals surface area contributed by atoms with Crippen molar-refractivity contribution >= 4 is 17.5 Å². The minimum absolute atomic E-state index is 0.173. The lowest BCUT2D eigenvalue weighted by molar-refractivity contribution is 0.0942. The van der Waals surface area contributed by atoms with E-state index in [-0.39, 0.29) is 11.8 Å². The third-order valence-electron chi connectivity index (χ3n) is 4.77. The van der Waals surface area contributed by atoms with Crippen LogP contribution < -0.4 is 10.6 Å².